The summed E-state index contributed by atoms with van der Waals surface area (Å²) in [4.78, 5) is 13.3. The maximum absolute atomic E-state index is 12.4. The van der Waals surface area contributed by atoms with Gasteiger partial charge >= 0.3 is 0 Å². The topological polar surface area (TPSA) is 75.7 Å². The zero-order chi connectivity index (χ0) is 17.3. The third-order valence-corrected chi connectivity index (χ3v) is 5.23. The first-order valence-electron chi connectivity index (χ1n) is 7.20. The van der Waals surface area contributed by atoms with E-state index < -0.39 is 10.0 Å². The number of anilines is 2. The van der Waals surface area contributed by atoms with Crippen molar-refractivity contribution < 1.29 is 17.9 Å². The summed E-state index contributed by atoms with van der Waals surface area (Å²) in [6, 6.07) is 10.7. The van der Waals surface area contributed by atoms with Crippen molar-refractivity contribution in [3.8, 4) is 5.75 Å². The maximum Gasteiger partial charge on any atom is 0.261 e. The average Bonchev–Trinajstić information content (AvgIpc) is 2.54. The van der Waals surface area contributed by atoms with E-state index in [1.165, 1.54) is 31.2 Å². The number of sulfonamides is 1. The quantitative estimate of drug-likeness (QED) is 0.906. The third-order valence-electron chi connectivity index (χ3n) is 3.58. The van der Waals surface area contributed by atoms with Crippen LogP contribution in [-0.2, 0) is 14.8 Å². The number of rotatable bonds is 3. The minimum atomic E-state index is -3.73. The van der Waals surface area contributed by atoms with Gasteiger partial charge in [-0.2, -0.15) is 0 Å². The zero-order valence-corrected chi connectivity index (χ0v) is 14.4. The SMILES string of the molecule is CC(=O)N1CCOc2cc(NS(=O)(=O)c3ccc(Cl)cc3)ccc21. The van der Waals surface area contributed by atoms with Gasteiger partial charge in [-0.05, 0) is 36.4 Å². The molecule has 0 spiro atoms. The molecule has 3 rings (SSSR count). The lowest BCUT2D eigenvalue weighted by atomic mass is 10.2. The minimum Gasteiger partial charge on any atom is -0.489 e. The fourth-order valence-electron chi connectivity index (χ4n) is 2.44. The number of carbonyl (C=O) groups is 1. The number of nitrogens with one attached hydrogen (secondary N) is 1. The Morgan fingerprint density at radius 3 is 2.58 bits per heavy atom. The Balaban J connectivity index is 1.89. The Kier molecular flexibility index (Phi) is 4.38. The molecule has 0 saturated carbocycles. The Labute approximate surface area is 145 Å². The van der Waals surface area contributed by atoms with Gasteiger partial charge in [0.15, 0.2) is 0 Å². The molecule has 1 aliphatic heterocycles. The number of hydrogen-bond acceptors (Lipinski definition) is 4. The summed E-state index contributed by atoms with van der Waals surface area (Å²) in [6.45, 7) is 2.31. The standard InChI is InChI=1S/C16H15ClN2O4S/c1-11(20)19-8-9-23-16-10-13(4-7-15(16)19)18-24(21,22)14-5-2-12(17)3-6-14/h2-7,10,18H,8-9H2,1H3. The number of fused-ring (bicyclic) bond motifs is 1. The Bertz CT molecular complexity index is 881. The molecule has 0 unspecified atom stereocenters. The molecule has 2 aromatic rings. The number of halogens is 1. The van der Waals surface area contributed by atoms with Crippen LogP contribution >= 0.6 is 11.6 Å². The van der Waals surface area contributed by atoms with Gasteiger partial charge in [-0.25, -0.2) is 8.42 Å². The van der Waals surface area contributed by atoms with E-state index >= 15 is 0 Å². The molecule has 0 aliphatic carbocycles. The molecular weight excluding hydrogens is 352 g/mol. The molecule has 2 aromatic carbocycles. The number of nitrogens with zero attached hydrogens (tertiary/aromatic N) is 1. The van der Waals surface area contributed by atoms with E-state index in [9.17, 15) is 13.2 Å². The van der Waals surface area contributed by atoms with Gasteiger partial charge in [0.05, 0.1) is 22.8 Å². The van der Waals surface area contributed by atoms with Crippen molar-refractivity contribution in [3.63, 3.8) is 0 Å². The van der Waals surface area contributed by atoms with Crippen molar-refractivity contribution in [3.05, 3.63) is 47.5 Å². The first kappa shape index (κ1) is 16.6. The summed E-state index contributed by atoms with van der Waals surface area (Å²) in [6.07, 6.45) is 0. The fourth-order valence-corrected chi connectivity index (χ4v) is 3.61. The van der Waals surface area contributed by atoms with Crippen molar-refractivity contribution in [2.75, 3.05) is 22.8 Å². The highest BCUT2D eigenvalue weighted by atomic mass is 35.5. The highest BCUT2D eigenvalue weighted by Crippen LogP contribution is 2.34. The van der Waals surface area contributed by atoms with Crippen LogP contribution in [-0.4, -0.2) is 27.5 Å². The van der Waals surface area contributed by atoms with E-state index in [1.807, 2.05) is 0 Å². The van der Waals surface area contributed by atoms with Crippen LogP contribution in [0, 0.1) is 0 Å². The van der Waals surface area contributed by atoms with Crippen LogP contribution in [0.4, 0.5) is 11.4 Å². The van der Waals surface area contributed by atoms with Gasteiger partial charge in [0, 0.05) is 18.0 Å². The zero-order valence-electron chi connectivity index (χ0n) is 12.8. The Morgan fingerprint density at radius 2 is 1.92 bits per heavy atom. The van der Waals surface area contributed by atoms with Crippen LogP contribution in [0.5, 0.6) is 5.75 Å². The monoisotopic (exact) mass is 366 g/mol. The van der Waals surface area contributed by atoms with Gasteiger partial charge in [0.1, 0.15) is 12.4 Å². The summed E-state index contributed by atoms with van der Waals surface area (Å²) >= 11 is 5.78. The first-order valence-corrected chi connectivity index (χ1v) is 9.06. The van der Waals surface area contributed by atoms with E-state index in [0.717, 1.165) is 0 Å². The lowest BCUT2D eigenvalue weighted by Gasteiger charge is -2.29. The molecular formula is C16H15ClN2O4S. The predicted octanol–water partition coefficient (Wildman–Crippen LogP) is 2.89. The van der Waals surface area contributed by atoms with Crippen molar-refractivity contribution in [1.29, 1.82) is 0 Å². The number of ether oxygens (including phenoxy) is 1. The molecule has 1 N–H and O–H groups in total. The molecule has 0 aromatic heterocycles. The van der Waals surface area contributed by atoms with Gasteiger partial charge in [-0.3, -0.25) is 9.52 Å². The summed E-state index contributed by atoms with van der Waals surface area (Å²) in [5.74, 6) is 0.377. The molecule has 0 fully saturated rings. The third kappa shape index (κ3) is 3.32. The lowest BCUT2D eigenvalue weighted by Crippen LogP contribution is -2.36. The first-order chi connectivity index (χ1) is 11.4. The Morgan fingerprint density at radius 1 is 1.21 bits per heavy atom. The second-order valence-electron chi connectivity index (χ2n) is 5.26. The number of amides is 1. The van der Waals surface area contributed by atoms with Gasteiger partial charge < -0.3 is 9.64 Å². The largest absolute Gasteiger partial charge is 0.489 e. The highest BCUT2D eigenvalue weighted by molar-refractivity contribution is 7.92. The molecule has 0 saturated heterocycles. The fraction of sp³-hybridized carbons (Fsp3) is 0.188. The summed E-state index contributed by atoms with van der Waals surface area (Å²) < 4.78 is 32.8. The number of benzene rings is 2. The van der Waals surface area contributed by atoms with E-state index in [-0.39, 0.29) is 10.8 Å². The van der Waals surface area contributed by atoms with Crippen LogP contribution in [0.15, 0.2) is 47.4 Å². The van der Waals surface area contributed by atoms with Gasteiger partial charge in [0.2, 0.25) is 5.91 Å². The van der Waals surface area contributed by atoms with E-state index in [1.54, 1.807) is 23.1 Å². The van der Waals surface area contributed by atoms with Crippen molar-refractivity contribution in [2.24, 2.45) is 0 Å². The molecule has 24 heavy (non-hydrogen) atoms. The number of carbonyl (C=O) groups excluding carboxylic acids is 1. The van der Waals surface area contributed by atoms with Gasteiger partial charge in [-0.15, -0.1) is 0 Å². The molecule has 126 valence electrons. The second kappa shape index (κ2) is 6.33. The molecule has 1 heterocycles. The molecule has 0 radical (unpaired) electrons. The van der Waals surface area contributed by atoms with Gasteiger partial charge in [-0.1, -0.05) is 11.6 Å². The summed E-state index contributed by atoms with van der Waals surface area (Å²) in [5, 5.41) is 0.459. The maximum atomic E-state index is 12.4. The average molecular weight is 367 g/mol. The highest BCUT2D eigenvalue weighted by Gasteiger charge is 2.22. The predicted molar refractivity (Wildman–Crippen MR) is 92.2 cm³/mol. The lowest BCUT2D eigenvalue weighted by molar-refractivity contribution is -0.116. The molecule has 0 bridgehead atoms. The van der Waals surface area contributed by atoms with Crippen molar-refractivity contribution in [2.45, 2.75) is 11.8 Å². The van der Waals surface area contributed by atoms with E-state index in [2.05, 4.69) is 4.72 Å². The Hall–Kier alpha value is -2.25. The van der Waals surface area contributed by atoms with Crippen LogP contribution in [0.3, 0.4) is 0 Å². The second-order valence-corrected chi connectivity index (χ2v) is 7.38. The molecule has 6 nitrogen and oxygen atoms in total. The molecule has 0 atom stereocenters. The molecule has 1 amide bonds. The molecule has 8 heteroatoms. The van der Waals surface area contributed by atoms with Crippen LogP contribution in [0.25, 0.3) is 0 Å². The van der Waals surface area contributed by atoms with Crippen LogP contribution in [0.1, 0.15) is 6.92 Å². The van der Waals surface area contributed by atoms with Crippen LogP contribution < -0.4 is 14.4 Å². The smallest absolute Gasteiger partial charge is 0.261 e. The van der Waals surface area contributed by atoms with Gasteiger partial charge in [0.25, 0.3) is 10.0 Å². The van der Waals surface area contributed by atoms with Crippen molar-refractivity contribution >= 4 is 38.9 Å². The normalized spacial score (nSPS) is 13.8. The van der Waals surface area contributed by atoms with Crippen molar-refractivity contribution in [1.82, 2.24) is 0 Å². The van der Waals surface area contributed by atoms with E-state index in [4.69, 9.17) is 16.3 Å². The number of hydrogen-bond donors (Lipinski definition) is 1. The van der Waals surface area contributed by atoms with Crippen LogP contribution in [0.2, 0.25) is 5.02 Å². The summed E-state index contributed by atoms with van der Waals surface area (Å²) in [5.41, 5.74) is 0.984. The molecule has 1 aliphatic rings. The minimum absolute atomic E-state index is 0.0888. The summed E-state index contributed by atoms with van der Waals surface area (Å²) in [7, 11) is -3.73. The van der Waals surface area contributed by atoms with E-state index in [0.29, 0.717) is 35.3 Å².